The Labute approximate surface area is 116 Å². The lowest BCUT2D eigenvalue weighted by atomic mass is 9.85. The van der Waals surface area contributed by atoms with Crippen molar-refractivity contribution in [2.24, 2.45) is 5.41 Å². The van der Waals surface area contributed by atoms with Crippen LogP contribution in [0.2, 0.25) is 0 Å². The van der Waals surface area contributed by atoms with Gasteiger partial charge in [-0.3, -0.25) is 0 Å². The maximum Gasteiger partial charge on any atom is 0.404 e. The second kappa shape index (κ2) is 4.83. The second-order valence-corrected chi connectivity index (χ2v) is 4.91. The van der Waals surface area contributed by atoms with Crippen molar-refractivity contribution in [3.8, 4) is 6.07 Å². The molecule has 0 aliphatic carbocycles. The van der Waals surface area contributed by atoms with Gasteiger partial charge in [0.1, 0.15) is 0 Å². The van der Waals surface area contributed by atoms with Gasteiger partial charge in [0.25, 0.3) is 0 Å². The molecule has 21 heavy (non-hydrogen) atoms. The Balaban J connectivity index is 2.30. The molecule has 1 aliphatic rings. The first kappa shape index (κ1) is 15.5. The molecule has 0 amide bonds. The fourth-order valence-electron chi connectivity index (χ4n) is 2.40. The van der Waals surface area contributed by atoms with Gasteiger partial charge in [-0.2, -0.15) is 31.6 Å². The summed E-state index contributed by atoms with van der Waals surface area (Å²) in [6.07, 6.45) is -11.7. The van der Waals surface area contributed by atoms with Crippen LogP contribution in [0.15, 0.2) is 24.3 Å². The van der Waals surface area contributed by atoms with E-state index >= 15 is 0 Å². The largest absolute Gasteiger partial charge is 0.404 e. The zero-order chi connectivity index (χ0) is 15.9. The van der Waals surface area contributed by atoms with Crippen LogP contribution in [0.4, 0.5) is 32.0 Å². The van der Waals surface area contributed by atoms with E-state index in [1.54, 1.807) is 0 Å². The summed E-state index contributed by atoms with van der Waals surface area (Å²) in [5.74, 6) is 0. The molecule has 2 rings (SSSR count). The molecule has 1 aromatic carbocycles. The van der Waals surface area contributed by atoms with E-state index in [0.717, 1.165) is 4.90 Å². The van der Waals surface area contributed by atoms with Crippen LogP contribution in [0.3, 0.4) is 0 Å². The molecule has 1 aliphatic heterocycles. The van der Waals surface area contributed by atoms with Gasteiger partial charge in [-0.1, -0.05) is 0 Å². The summed E-state index contributed by atoms with van der Waals surface area (Å²) in [7, 11) is 0. The standard InChI is InChI=1S/C13H10F6N2/c14-12(15,16)11(13(17,18)19)5-6-21(8-11)10-3-1-9(7-20)2-4-10/h1-4H,5-6,8H2. The van der Waals surface area contributed by atoms with Crippen molar-refractivity contribution in [1.82, 2.24) is 0 Å². The van der Waals surface area contributed by atoms with Crippen LogP contribution in [-0.2, 0) is 0 Å². The molecule has 0 unspecified atom stereocenters. The molecule has 1 aromatic rings. The highest BCUT2D eigenvalue weighted by molar-refractivity contribution is 5.51. The first-order chi connectivity index (χ1) is 9.61. The number of halogens is 6. The Morgan fingerprint density at radius 3 is 1.90 bits per heavy atom. The Kier molecular flexibility index (Phi) is 3.56. The lowest BCUT2D eigenvalue weighted by Crippen LogP contribution is -2.51. The van der Waals surface area contributed by atoms with Gasteiger partial charge in [0.15, 0.2) is 5.41 Å². The highest BCUT2D eigenvalue weighted by atomic mass is 19.4. The van der Waals surface area contributed by atoms with Crippen LogP contribution < -0.4 is 4.90 Å². The van der Waals surface area contributed by atoms with E-state index in [1.807, 2.05) is 6.07 Å². The van der Waals surface area contributed by atoms with Crippen LogP contribution in [0, 0.1) is 16.7 Å². The highest BCUT2D eigenvalue weighted by Gasteiger charge is 2.72. The molecule has 114 valence electrons. The molecule has 0 radical (unpaired) electrons. The quantitative estimate of drug-likeness (QED) is 0.736. The monoisotopic (exact) mass is 308 g/mol. The summed E-state index contributed by atoms with van der Waals surface area (Å²) >= 11 is 0. The number of anilines is 1. The van der Waals surface area contributed by atoms with Gasteiger partial charge in [0.05, 0.1) is 11.6 Å². The number of hydrogen-bond acceptors (Lipinski definition) is 2. The van der Waals surface area contributed by atoms with Gasteiger partial charge in [0, 0.05) is 18.8 Å². The lowest BCUT2D eigenvalue weighted by molar-refractivity contribution is -0.332. The fraction of sp³-hybridized carbons (Fsp3) is 0.462. The van der Waals surface area contributed by atoms with Crippen LogP contribution >= 0.6 is 0 Å². The molecular formula is C13H10F6N2. The number of nitriles is 1. The van der Waals surface area contributed by atoms with E-state index in [4.69, 9.17) is 5.26 Å². The van der Waals surface area contributed by atoms with Crippen molar-refractivity contribution in [1.29, 1.82) is 5.26 Å². The van der Waals surface area contributed by atoms with Crippen molar-refractivity contribution in [2.45, 2.75) is 18.8 Å². The fourth-order valence-corrected chi connectivity index (χ4v) is 2.40. The van der Waals surface area contributed by atoms with Gasteiger partial charge in [-0.25, -0.2) is 0 Å². The summed E-state index contributed by atoms with van der Waals surface area (Å²) in [6, 6.07) is 7.24. The average molecular weight is 308 g/mol. The molecule has 0 aromatic heterocycles. The zero-order valence-corrected chi connectivity index (χ0v) is 10.6. The number of hydrogen-bond donors (Lipinski definition) is 0. The van der Waals surface area contributed by atoms with Crippen LogP contribution in [0.1, 0.15) is 12.0 Å². The summed E-state index contributed by atoms with van der Waals surface area (Å²) in [5, 5.41) is 8.63. The van der Waals surface area contributed by atoms with Gasteiger partial charge < -0.3 is 4.90 Å². The predicted molar refractivity (Wildman–Crippen MR) is 62.5 cm³/mol. The van der Waals surface area contributed by atoms with E-state index in [9.17, 15) is 26.3 Å². The highest BCUT2D eigenvalue weighted by Crippen LogP contribution is 2.55. The average Bonchev–Trinajstić information content (AvgIpc) is 2.84. The molecule has 0 N–H and O–H groups in total. The molecule has 1 fully saturated rings. The van der Waals surface area contributed by atoms with Gasteiger partial charge in [0.2, 0.25) is 0 Å². The lowest BCUT2D eigenvalue weighted by Gasteiger charge is -2.33. The molecule has 8 heteroatoms. The predicted octanol–water partition coefficient (Wildman–Crippen LogP) is 3.88. The van der Waals surface area contributed by atoms with E-state index in [-0.39, 0.29) is 17.8 Å². The number of nitrogens with zero attached hydrogens (tertiary/aromatic N) is 2. The van der Waals surface area contributed by atoms with Gasteiger partial charge in [-0.15, -0.1) is 0 Å². The summed E-state index contributed by atoms with van der Waals surface area (Å²) in [6.45, 7) is -1.50. The number of rotatable bonds is 1. The Hall–Kier alpha value is -1.91. The third-order valence-electron chi connectivity index (χ3n) is 3.72. The summed E-state index contributed by atoms with van der Waals surface area (Å²) in [4.78, 5) is 1.04. The first-order valence-electron chi connectivity index (χ1n) is 5.99. The third-order valence-corrected chi connectivity index (χ3v) is 3.72. The van der Waals surface area contributed by atoms with Crippen molar-refractivity contribution >= 4 is 5.69 Å². The van der Waals surface area contributed by atoms with Crippen LogP contribution in [0.25, 0.3) is 0 Å². The SMILES string of the molecule is N#Cc1ccc(N2CCC(C(F)(F)F)(C(F)(F)F)C2)cc1. The third kappa shape index (κ3) is 2.52. The smallest absolute Gasteiger partial charge is 0.370 e. The zero-order valence-electron chi connectivity index (χ0n) is 10.6. The summed E-state index contributed by atoms with van der Waals surface area (Å²) < 4.78 is 77.6. The minimum Gasteiger partial charge on any atom is -0.370 e. The van der Waals surface area contributed by atoms with Gasteiger partial charge in [-0.05, 0) is 30.7 Å². The molecule has 2 nitrogen and oxygen atoms in total. The van der Waals surface area contributed by atoms with E-state index in [0.29, 0.717) is 0 Å². The van der Waals surface area contributed by atoms with E-state index < -0.39 is 30.7 Å². The molecule has 0 spiro atoms. The second-order valence-electron chi connectivity index (χ2n) is 4.91. The Bertz CT molecular complexity index is 538. The molecule has 1 saturated heterocycles. The normalized spacial score (nSPS) is 18.6. The molecule has 1 heterocycles. The Morgan fingerprint density at radius 2 is 1.52 bits per heavy atom. The van der Waals surface area contributed by atoms with Crippen molar-refractivity contribution in [3.05, 3.63) is 29.8 Å². The minimum absolute atomic E-state index is 0.240. The first-order valence-corrected chi connectivity index (χ1v) is 5.99. The van der Waals surface area contributed by atoms with Gasteiger partial charge >= 0.3 is 12.4 Å². The summed E-state index contributed by atoms with van der Waals surface area (Å²) in [5.41, 5.74) is -3.17. The number of alkyl halides is 6. The Morgan fingerprint density at radius 1 is 1.00 bits per heavy atom. The van der Waals surface area contributed by atoms with E-state index in [1.165, 1.54) is 24.3 Å². The van der Waals surface area contributed by atoms with Crippen molar-refractivity contribution in [2.75, 3.05) is 18.0 Å². The molecule has 0 atom stereocenters. The van der Waals surface area contributed by atoms with Crippen molar-refractivity contribution in [3.63, 3.8) is 0 Å². The maximum absolute atomic E-state index is 12.9. The molecular weight excluding hydrogens is 298 g/mol. The van der Waals surface area contributed by atoms with Crippen LogP contribution in [0.5, 0.6) is 0 Å². The number of benzene rings is 1. The molecule has 0 saturated carbocycles. The van der Waals surface area contributed by atoms with E-state index in [2.05, 4.69) is 0 Å². The molecule has 0 bridgehead atoms. The minimum atomic E-state index is -5.35. The van der Waals surface area contributed by atoms with Crippen LogP contribution in [-0.4, -0.2) is 25.4 Å². The maximum atomic E-state index is 12.9. The van der Waals surface area contributed by atoms with Crippen molar-refractivity contribution < 1.29 is 26.3 Å². The topological polar surface area (TPSA) is 27.0 Å².